The van der Waals surface area contributed by atoms with E-state index < -0.39 is 5.92 Å². The Balaban J connectivity index is 3.21. The van der Waals surface area contributed by atoms with E-state index in [2.05, 4.69) is 21.0 Å². The third kappa shape index (κ3) is 1.58. The molecule has 2 nitrogen and oxygen atoms in total. The van der Waals surface area contributed by atoms with Crippen molar-refractivity contribution in [3.05, 3.63) is 16.4 Å². The van der Waals surface area contributed by atoms with Gasteiger partial charge in [0.1, 0.15) is 5.69 Å². The summed E-state index contributed by atoms with van der Waals surface area (Å²) in [6.07, 6.45) is 1.35. The van der Waals surface area contributed by atoms with E-state index in [4.69, 9.17) is 0 Å². The Morgan fingerprint density at radius 1 is 1.64 bits per heavy atom. The van der Waals surface area contributed by atoms with Gasteiger partial charge in [0.2, 0.25) is 0 Å². The quantitative estimate of drug-likeness (QED) is 0.716. The summed E-state index contributed by atoms with van der Waals surface area (Å²) < 4.78 is 26.9. The normalized spacial score (nSPS) is 12.1. The maximum absolute atomic E-state index is 12.7. The lowest BCUT2D eigenvalue weighted by molar-refractivity contribution is 0.00806. The molecule has 1 rings (SSSR count). The first-order valence-electron chi connectivity index (χ1n) is 2.98. The summed E-state index contributed by atoms with van der Waals surface area (Å²) in [5, 5.41) is 3.67. The van der Waals surface area contributed by atoms with E-state index >= 15 is 0 Å². The summed E-state index contributed by atoms with van der Waals surface area (Å²) in [6.45, 7) is 0.842. The van der Waals surface area contributed by atoms with Gasteiger partial charge in [0, 0.05) is 14.0 Å². The number of hydrogen-bond acceptors (Lipinski definition) is 1. The van der Waals surface area contributed by atoms with Crippen molar-refractivity contribution in [3.63, 3.8) is 0 Å². The molecule has 0 aromatic carbocycles. The Kier molecular flexibility index (Phi) is 2.00. The number of hydrogen-bond donors (Lipinski definition) is 0. The summed E-state index contributed by atoms with van der Waals surface area (Å²) in [6, 6.07) is 0. The van der Waals surface area contributed by atoms with Gasteiger partial charge in [0.15, 0.2) is 0 Å². The highest BCUT2D eigenvalue weighted by Gasteiger charge is 2.30. The van der Waals surface area contributed by atoms with Crippen LogP contribution in [0.15, 0.2) is 10.7 Å². The van der Waals surface area contributed by atoms with Crippen LogP contribution in [-0.2, 0) is 13.0 Å². The molecule has 0 saturated heterocycles. The molecule has 62 valence electrons. The van der Waals surface area contributed by atoms with Gasteiger partial charge in [0.25, 0.3) is 5.92 Å². The maximum atomic E-state index is 12.7. The molecule has 0 bridgehead atoms. The van der Waals surface area contributed by atoms with Crippen molar-refractivity contribution in [2.45, 2.75) is 12.8 Å². The molecule has 0 aliphatic rings. The second-order valence-electron chi connectivity index (χ2n) is 2.35. The van der Waals surface area contributed by atoms with E-state index in [1.54, 1.807) is 0 Å². The molecule has 1 heterocycles. The van der Waals surface area contributed by atoms with Crippen molar-refractivity contribution in [3.8, 4) is 0 Å². The van der Waals surface area contributed by atoms with E-state index in [1.165, 1.54) is 13.2 Å². The van der Waals surface area contributed by atoms with Gasteiger partial charge in [-0.05, 0) is 15.9 Å². The van der Waals surface area contributed by atoms with E-state index in [-0.39, 0.29) is 5.69 Å². The number of halogens is 3. The van der Waals surface area contributed by atoms with Crippen LogP contribution in [0.1, 0.15) is 12.6 Å². The van der Waals surface area contributed by atoms with Crippen molar-refractivity contribution < 1.29 is 8.78 Å². The molecule has 0 spiro atoms. The van der Waals surface area contributed by atoms with Gasteiger partial charge in [-0.25, -0.2) is 0 Å². The standard InChI is InChI=1S/C6H7BrF2N2/c1-6(8,9)5-4(7)3-10-11(5)2/h3H,1-2H3. The fourth-order valence-electron chi connectivity index (χ4n) is 0.905. The van der Waals surface area contributed by atoms with Crippen LogP contribution < -0.4 is 0 Å². The minimum Gasteiger partial charge on any atom is -0.265 e. The Morgan fingerprint density at radius 3 is 2.36 bits per heavy atom. The Bertz CT molecular complexity index is 245. The molecule has 0 fully saturated rings. The van der Waals surface area contributed by atoms with Gasteiger partial charge < -0.3 is 0 Å². The van der Waals surface area contributed by atoms with E-state index in [1.807, 2.05) is 0 Å². The molecule has 0 aliphatic heterocycles. The molecule has 0 radical (unpaired) electrons. The summed E-state index contributed by atoms with van der Waals surface area (Å²) in [5.74, 6) is -2.84. The zero-order valence-corrected chi connectivity index (χ0v) is 7.69. The second-order valence-corrected chi connectivity index (χ2v) is 3.21. The maximum Gasteiger partial charge on any atom is 0.287 e. The van der Waals surface area contributed by atoms with E-state index in [9.17, 15) is 8.78 Å². The molecule has 0 aliphatic carbocycles. The number of aryl methyl sites for hydroxylation is 1. The SMILES string of the molecule is Cn1ncc(Br)c1C(C)(F)F. The van der Waals surface area contributed by atoms with Crippen molar-refractivity contribution in [1.82, 2.24) is 9.78 Å². The molecular formula is C6H7BrF2N2. The predicted octanol–water partition coefficient (Wildman–Crippen LogP) is 2.29. The zero-order valence-electron chi connectivity index (χ0n) is 6.11. The Labute approximate surface area is 71.3 Å². The van der Waals surface area contributed by atoms with Gasteiger partial charge in [0.05, 0.1) is 10.7 Å². The van der Waals surface area contributed by atoms with Crippen LogP contribution in [0.5, 0.6) is 0 Å². The summed E-state index contributed by atoms with van der Waals surface area (Å²) in [7, 11) is 1.48. The van der Waals surface area contributed by atoms with Crippen LogP contribution >= 0.6 is 15.9 Å². The first kappa shape index (κ1) is 8.64. The minimum absolute atomic E-state index is 0.0995. The first-order valence-corrected chi connectivity index (χ1v) is 3.78. The van der Waals surface area contributed by atoms with Crippen molar-refractivity contribution in [2.75, 3.05) is 0 Å². The molecule has 0 amide bonds. The fourth-order valence-corrected chi connectivity index (χ4v) is 1.60. The summed E-state index contributed by atoms with van der Waals surface area (Å²) >= 11 is 2.99. The van der Waals surface area contributed by atoms with Crippen LogP contribution in [0.2, 0.25) is 0 Å². The van der Waals surface area contributed by atoms with E-state index in [0.29, 0.717) is 4.47 Å². The lowest BCUT2D eigenvalue weighted by atomic mass is 10.3. The Hall–Kier alpha value is -0.450. The molecule has 0 unspecified atom stereocenters. The summed E-state index contributed by atoms with van der Waals surface area (Å²) in [4.78, 5) is 0. The lowest BCUT2D eigenvalue weighted by Gasteiger charge is -2.10. The Morgan fingerprint density at radius 2 is 2.18 bits per heavy atom. The number of rotatable bonds is 1. The minimum atomic E-state index is -2.84. The third-order valence-electron chi connectivity index (χ3n) is 1.31. The van der Waals surface area contributed by atoms with Gasteiger partial charge in [-0.1, -0.05) is 0 Å². The van der Waals surface area contributed by atoms with Crippen LogP contribution in [-0.4, -0.2) is 9.78 Å². The van der Waals surface area contributed by atoms with Crippen LogP contribution in [0, 0.1) is 0 Å². The average Bonchev–Trinajstić information content (AvgIpc) is 2.08. The number of aromatic nitrogens is 2. The third-order valence-corrected chi connectivity index (χ3v) is 1.89. The highest BCUT2D eigenvalue weighted by atomic mass is 79.9. The summed E-state index contributed by atoms with van der Waals surface area (Å²) in [5.41, 5.74) is -0.0995. The van der Waals surface area contributed by atoms with Crippen LogP contribution in [0.4, 0.5) is 8.78 Å². The molecule has 0 atom stereocenters. The smallest absolute Gasteiger partial charge is 0.265 e. The van der Waals surface area contributed by atoms with Gasteiger partial charge in [-0.2, -0.15) is 13.9 Å². The largest absolute Gasteiger partial charge is 0.287 e. The molecule has 11 heavy (non-hydrogen) atoms. The molecule has 0 N–H and O–H groups in total. The highest BCUT2D eigenvalue weighted by Crippen LogP contribution is 2.31. The van der Waals surface area contributed by atoms with Gasteiger partial charge in [-0.15, -0.1) is 0 Å². The van der Waals surface area contributed by atoms with Crippen molar-refractivity contribution >= 4 is 15.9 Å². The second kappa shape index (κ2) is 2.55. The van der Waals surface area contributed by atoms with Crippen LogP contribution in [0.3, 0.4) is 0 Å². The van der Waals surface area contributed by atoms with Gasteiger partial charge >= 0.3 is 0 Å². The van der Waals surface area contributed by atoms with Crippen molar-refractivity contribution in [1.29, 1.82) is 0 Å². The molecule has 0 saturated carbocycles. The van der Waals surface area contributed by atoms with Crippen LogP contribution in [0.25, 0.3) is 0 Å². The van der Waals surface area contributed by atoms with E-state index in [0.717, 1.165) is 11.6 Å². The molecule has 1 aromatic heterocycles. The molecule has 5 heteroatoms. The lowest BCUT2D eigenvalue weighted by Crippen LogP contribution is -2.13. The highest BCUT2D eigenvalue weighted by molar-refractivity contribution is 9.10. The topological polar surface area (TPSA) is 17.8 Å². The predicted molar refractivity (Wildman–Crippen MR) is 40.5 cm³/mol. The molecule has 1 aromatic rings. The van der Waals surface area contributed by atoms with Gasteiger partial charge in [-0.3, -0.25) is 4.68 Å². The first-order chi connectivity index (χ1) is 4.93. The average molecular weight is 225 g/mol. The fraction of sp³-hybridized carbons (Fsp3) is 0.500. The zero-order chi connectivity index (χ0) is 8.65. The number of alkyl halides is 2. The van der Waals surface area contributed by atoms with Crippen molar-refractivity contribution in [2.24, 2.45) is 7.05 Å². The monoisotopic (exact) mass is 224 g/mol. The number of nitrogens with zero attached hydrogens (tertiary/aromatic N) is 2. The molecular weight excluding hydrogens is 218 g/mol.